The van der Waals surface area contributed by atoms with Gasteiger partial charge in [0.1, 0.15) is 17.3 Å². The molecule has 2 amide bonds. The Morgan fingerprint density at radius 2 is 1.97 bits per heavy atom. The molecule has 1 aliphatic rings. The van der Waals surface area contributed by atoms with E-state index in [-0.39, 0.29) is 46.3 Å². The van der Waals surface area contributed by atoms with Gasteiger partial charge in [-0.15, -0.1) is 0 Å². The third-order valence-electron chi connectivity index (χ3n) is 6.78. The number of carbonyl (C=O) groups is 2. The van der Waals surface area contributed by atoms with E-state index in [1.165, 1.54) is 29.9 Å². The van der Waals surface area contributed by atoms with Crippen LogP contribution in [0.5, 0.6) is 0 Å². The molecule has 5 rings (SSSR count). The van der Waals surface area contributed by atoms with Crippen molar-refractivity contribution in [3.63, 3.8) is 0 Å². The topological polar surface area (TPSA) is 130 Å². The maximum atomic E-state index is 14.7. The maximum Gasteiger partial charge on any atom is 0.269 e. The van der Waals surface area contributed by atoms with Gasteiger partial charge >= 0.3 is 0 Å². The molecule has 4 N–H and O–H groups in total. The van der Waals surface area contributed by atoms with Gasteiger partial charge in [-0.05, 0) is 31.2 Å². The smallest absolute Gasteiger partial charge is 0.269 e. The monoisotopic (exact) mass is 540 g/mol. The molecule has 2 atom stereocenters. The summed E-state index contributed by atoms with van der Waals surface area (Å²) in [6.07, 6.45) is 5.72. The number of amides is 2. The standard InChI is InChI=1S/C26H27F3N8O2/c1-13(38)33-22-9-21(37(2)36-22)26(39)32-10-14-4-3-5-16(6-14)34-25-20(29)12-31-24(35-25)18-11-30-23-17(18)7-15(27)8-19(23)28/h7-9,11-12,14,16,30H,3-6,10H2,1-2H3,(H,32,39)(H,31,34,35)(H,33,36,38)/t14-,16+/m1/s1. The Labute approximate surface area is 221 Å². The van der Waals surface area contributed by atoms with E-state index in [0.717, 1.165) is 31.5 Å². The number of nitrogens with zero attached hydrogens (tertiary/aromatic N) is 4. The number of H-pyrrole nitrogens is 1. The van der Waals surface area contributed by atoms with Gasteiger partial charge in [-0.2, -0.15) is 5.10 Å². The Bertz CT molecular complexity index is 1550. The molecule has 0 aliphatic heterocycles. The highest BCUT2D eigenvalue weighted by Gasteiger charge is 2.25. The lowest BCUT2D eigenvalue weighted by molar-refractivity contribution is -0.114. The van der Waals surface area contributed by atoms with E-state index < -0.39 is 17.5 Å². The van der Waals surface area contributed by atoms with Crippen molar-refractivity contribution in [2.45, 2.75) is 38.6 Å². The zero-order chi connectivity index (χ0) is 27.7. The average molecular weight is 541 g/mol. The fourth-order valence-electron chi connectivity index (χ4n) is 4.99. The Balaban J connectivity index is 1.24. The van der Waals surface area contributed by atoms with E-state index in [1.807, 2.05) is 0 Å². The summed E-state index contributed by atoms with van der Waals surface area (Å²) >= 11 is 0. The Morgan fingerprint density at radius 1 is 1.15 bits per heavy atom. The molecule has 13 heteroatoms. The second-order valence-electron chi connectivity index (χ2n) is 9.71. The van der Waals surface area contributed by atoms with Crippen LogP contribution >= 0.6 is 0 Å². The minimum absolute atomic E-state index is 0.00120. The summed E-state index contributed by atoms with van der Waals surface area (Å²) in [5, 5.41) is 13.0. The fraction of sp³-hybridized carbons (Fsp3) is 0.346. The Morgan fingerprint density at radius 3 is 2.77 bits per heavy atom. The van der Waals surface area contributed by atoms with Gasteiger partial charge in [0.25, 0.3) is 5.91 Å². The summed E-state index contributed by atoms with van der Waals surface area (Å²) in [7, 11) is 1.62. The molecule has 0 unspecified atom stereocenters. The lowest BCUT2D eigenvalue weighted by Crippen LogP contribution is -2.36. The summed E-state index contributed by atoms with van der Waals surface area (Å²) in [5.41, 5.74) is 0.785. The molecule has 1 aliphatic carbocycles. The summed E-state index contributed by atoms with van der Waals surface area (Å²) in [6, 6.07) is 3.37. The van der Waals surface area contributed by atoms with Gasteiger partial charge in [-0.3, -0.25) is 14.3 Å². The lowest BCUT2D eigenvalue weighted by atomic mass is 9.85. The van der Waals surface area contributed by atoms with E-state index in [0.29, 0.717) is 30.0 Å². The number of benzene rings is 1. The highest BCUT2D eigenvalue weighted by atomic mass is 19.1. The van der Waals surface area contributed by atoms with E-state index >= 15 is 0 Å². The first-order valence-corrected chi connectivity index (χ1v) is 12.5. The number of rotatable bonds is 7. The minimum Gasteiger partial charge on any atom is -0.365 e. The fourth-order valence-corrected chi connectivity index (χ4v) is 4.99. The third-order valence-corrected chi connectivity index (χ3v) is 6.78. The molecule has 3 aromatic heterocycles. The van der Waals surface area contributed by atoms with E-state index in [9.17, 15) is 22.8 Å². The van der Waals surface area contributed by atoms with Crippen molar-refractivity contribution in [3.05, 3.63) is 53.7 Å². The van der Waals surface area contributed by atoms with Crippen LogP contribution in [0.1, 0.15) is 43.1 Å². The average Bonchev–Trinajstić information content (AvgIpc) is 3.47. The number of aromatic nitrogens is 5. The van der Waals surface area contributed by atoms with Gasteiger partial charge in [-0.1, -0.05) is 6.42 Å². The number of halogens is 3. The second-order valence-corrected chi connectivity index (χ2v) is 9.71. The quantitative estimate of drug-likeness (QED) is 0.279. The Hall–Kier alpha value is -4.42. The molecule has 1 saturated carbocycles. The van der Waals surface area contributed by atoms with Gasteiger partial charge in [0.15, 0.2) is 23.3 Å². The van der Waals surface area contributed by atoms with Gasteiger partial charge in [0.2, 0.25) is 5.91 Å². The van der Waals surface area contributed by atoms with Crippen LogP contribution in [0.4, 0.5) is 24.8 Å². The lowest BCUT2D eigenvalue weighted by Gasteiger charge is -2.30. The second kappa shape index (κ2) is 10.8. The van der Waals surface area contributed by atoms with E-state index in [2.05, 4.69) is 36.0 Å². The molecule has 204 valence electrons. The number of anilines is 2. The van der Waals surface area contributed by atoms with Crippen molar-refractivity contribution >= 4 is 34.4 Å². The number of aryl methyl sites for hydroxylation is 1. The zero-order valence-electron chi connectivity index (χ0n) is 21.3. The maximum absolute atomic E-state index is 14.7. The molecule has 0 bridgehead atoms. The SMILES string of the molecule is CC(=O)Nc1cc(C(=O)NC[C@@H]2CCC[C@H](Nc3nc(-c4c[nH]c5c(F)cc(F)cc45)ncc3F)C2)n(C)n1. The first-order chi connectivity index (χ1) is 18.7. The third kappa shape index (κ3) is 5.71. The molecule has 0 saturated heterocycles. The molecular weight excluding hydrogens is 513 g/mol. The number of nitrogens with one attached hydrogen (secondary N) is 4. The normalized spacial score (nSPS) is 17.3. The van der Waals surface area contributed by atoms with Gasteiger partial charge in [0.05, 0.1) is 11.7 Å². The van der Waals surface area contributed by atoms with Crippen LogP contribution in [-0.4, -0.2) is 49.1 Å². The molecule has 1 aromatic carbocycles. The van der Waals surface area contributed by atoms with Crippen LogP contribution in [0.3, 0.4) is 0 Å². The van der Waals surface area contributed by atoms with Crippen LogP contribution < -0.4 is 16.0 Å². The number of hydrogen-bond acceptors (Lipinski definition) is 6. The van der Waals surface area contributed by atoms with Crippen LogP contribution in [-0.2, 0) is 11.8 Å². The first kappa shape index (κ1) is 26.2. The highest BCUT2D eigenvalue weighted by molar-refractivity contribution is 5.95. The summed E-state index contributed by atoms with van der Waals surface area (Å²) in [5.74, 6) is -2.14. The summed E-state index contributed by atoms with van der Waals surface area (Å²) in [4.78, 5) is 35.0. The van der Waals surface area contributed by atoms with Crippen molar-refractivity contribution in [1.82, 2.24) is 30.0 Å². The number of carbonyl (C=O) groups excluding carboxylic acids is 2. The molecular formula is C26H27F3N8O2. The molecule has 10 nitrogen and oxygen atoms in total. The van der Waals surface area contributed by atoms with Gasteiger partial charge < -0.3 is 20.9 Å². The predicted octanol–water partition coefficient (Wildman–Crippen LogP) is 4.13. The van der Waals surface area contributed by atoms with E-state index in [4.69, 9.17) is 0 Å². The molecule has 39 heavy (non-hydrogen) atoms. The van der Waals surface area contributed by atoms with Crippen LogP contribution in [0, 0.1) is 23.4 Å². The van der Waals surface area contributed by atoms with Crippen molar-refractivity contribution < 1.29 is 22.8 Å². The van der Waals surface area contributed by atoms with E-state index in [1.54, 1.807) is 7.05 Å². The van der Waals surface area contributed by atoms with Crippen LogP contribution in [0.15, 0.2) is 30.6 Å². The highest BCUT2D eigenvalue weighted by Crippen LogP contribution is 2.31. The molecule has 0 spiro atoms. The van der Waals surface area contributed by atoms with Crippen LogP contribution in [0.25, 0.3) is 22.3 Å². The van der Waals surface area contributed by atoms with Crippen molar-refractivity contribution in [3.8, 4) is 11.4 Å². The zero-order valence-corrected chi connectivity index (χ0v) is 21.3. The number of hydrogen-bond donors (Lipinski definition) is 4. The van der Waals surface area contributed by atoms with Crippen molar-refractivity contribution in [2.75, 3.05) is 17.2 Å². The van der Waals surface area contributed by atoms with Gasteiger partial charge in [-0.25, -0.2) is 23.1 Å². The minimum atomic E-state index is -0.742. The predicted molar refractivity (Wildman–Crippen MR) is 138 cm³/mol. The summed E-state index contributed by atoms with van der Waals surface area (Å²) < 4.78 is 44.0. The van der Waals surface area contributed by atoms with Crippen molar-refractivity contribution in [1.29, 1.82) is 0 Å². The number of aromatic amines is 1. The molecule has 4 aromatic rings. The largest absolute Gasteiger partial charge is 0.365 e. The summed E-state index contributed by atoms with van der Waals surface area (Å²) in [6.45, 7) is 1.78. The number of fused-ring (bicyclic) bond motifs is 1. The molecule has 1 fully saturated rings. The van der Waals surface area contributed by atoms with Crippen molar-refractivity contribution in [2.24, 2.45) is 13.0 Å². The first-order valence-electron chi connectivity index (χ1n) is 12.5. The van der Waals surface area contributed by atoms with Gasteiger partial charge in [0, 0.05) is 55.8 Å². The Kier molecular flexibility index (Phi) is 7.22. The van der Waals surface area contributed by atoms with Crippen LogP contribution in [0.2, 0.25) is 0 Å². The molecule has 3 heterocycles. The molecule has 0 radical (unpaired) electrons.